The number of carbonyl (C=O) groups is 3. The Morgan fingerprint density at radius 1 is 0.667 bits per heavy atom. The van der Waals surface area contributed by atoms with Gasteiger partial charge in [0.2, 0.25) is 0 Å². The molecule has 0 saturated heterocycles. The van der Waals surface area contributed by atoms with Crippen LogP contribution in [0, 0.1) is 10.8 Å². The lowest BCUT2D eigenvalue weighted by Crippen LogP contribution is -2.19. The molecule has 2 aliphatic carbocycles. The van der Waals surface area contributed by atoms with Crippen LogP contribution in [0.25, 0.3) is 0 Å². The number of hydrogen-bond acceptors (Lipinski definition) is 5. The van der Waals surface area contributed by atoms with E-state index in [9.17, 15) is 9.59 Å². The van der Waals surface area contributed by atoms with Crippen molar-refractivity contribution in [1.82, 2.24) is 0 Å². The van der Waals surface area contributed by atoms with Crippen molar-refractivity contribution in [2.24, 2.45) is 10.8 Å². The lowest BCUT2D eigenvalue weighted by molar-refractivity contribution is -0.152. The maximum absolute atomic E-state index is 12.2. The standard InChI is InChI=1S/C40H54O3.C2H4O3/c1-29(21-23-35-33(5)19-13-25-39(35,7)8)15-11-17-31(3)27-37(41)43-38(42)28-32(4)18-12-16-30(2)22-24-36-34(6)20-14-26-40(36,9)10;3-1-2(4)5/h11-12,15-18,21-24,27-28H,13-14,19-20,25-26H2,1-10H3;3H,1H2,(H,4,5)/b17-11+,18-12+,23-21+,24-22+,29-15+,30-16+,31-27+,32-28+;. The van der Waals surface area contributed by atoms with Gasteiger partial charge < -0.3 is 14.9 Å². The van der Waals surface area contributed by atoms with Gasteiger partial charge in [-0.15, -0.1) is 0 Å². The summed E-state index contributed by atoms with van der Waals surface area (Å²) in [7, 11) is 0. The number of carboxylic acid groups (broad SMARTS) is 1. The summed E-state index contributed by atoms with van der Waals surface area (Å²) in [4.78, 5) is 33.6. The van der Waals surface area contributed by atoms with Crippen LogP contribution in [-0.2, 0) is 19.1 Å². The van der Waals surface area contributed by atoms with Gasteiger partial charge in [0.15, 0.2) is 0 Å². The van der Waals surface area contributed by atoms with Crippen molar-refractivity contribution in [3.8, 4) is 0 Å². The van der Waals surface area contributed by atoms with E-state index in [1.54, 1.807) is 13.8 Å². The van der Waals surface area contributed by atoms with Gasteiger partial charge in [-0.3, -0.25) is 0 Å². The fourth-order valence-electron chi connectivity index (χ4n) is 5.89. The van der Waals surface area contributed by atoms with Crippen LogP contribution >= 0.6 is 0 Å². The van der Waals surface area contributed by atoms with E-state index in [0.29, 0.717) is 11.1 Å². The molecule has 0 aromatic carbocycles. The van der Waals surface area contributed by atoms with Crippen LogP contribution in [0.5, 0.6) is 0 Å². The first-order chi connectivity index (χ1) is 22.4. The van der Waals surface area contributed by atoms with E-state index in [2.05, 4.69) is 79.7 Å². The van der Waals surface area contributed by atoms with Gasteiger partial charge >= 0.3 is 17.9 Å². The molecule has 6 heteroatoms. The van der Waals surface area contributed by atoms with Gasteiger partial charge in [-0.2, -0.15) is 0 Å². The van der Waals surface area contributed by atoms with Gasteiger partial charge in [0, 0.05) is 12.2 Å². The molecule has 0 unspecified atom stereocenters. The van der Waals surface area contributed by atoms with Crippen LogP contribution in [0.1, 0.15) is 108 Å². The van der Waals surface area contributed by atoms with Gasteiger partial charge in [-0.1, -0.05) is 111 Å². The highest BCUT2D eigenvalue weighted by atomic mass is 16.6. The SMILES string of the molecule is CC1=C(/C=C/C(C)=C/C=C/C(C)=C/C(=O)OC(=O)/C=C(C)/C=C/C=C(C)/C=C/C2=C(C)CCCC2(C)C)C(C)(C)CCC1.O=C(O)CO. The number of aliphatic hydroxyl groups excluding tert-OH is 1. The largest absolute Gasteiger partial charge is 0.480 e. The second kappa shape index (κ2) is 20.4. The zero-order valence-electron chi connectivity index (χ0n) is 30.9. The van der Waals surface area contributed by atoms with Crippen LogP contribution in [-0.4, -0.2) is 34.7 Å². The molecule has 0 heterocycles. The Morgan fingerprint density at radius 2 is 1.02 bits per heavy atom. The molecule has 0 fully saturated rings. The third-order valence-electron chi connectivity index (χ3n) is 8.57. The number of hydrogen-bond donors (Lipinski definition) is 2. The summed E-state index contributed by atoms with van der Waals surface area (Å²) in [6, 6.07) is 0. The van der Waals surface area contributed by atoms with Crippen molar-refractivity contribution in [1.29, 1.82) is 0 Å². The van der Waals surface area contributed by atoms with Crippen molar-refractivity contribution < 1.29 is 29.3 Å². The van der Waals surface area contributed by atoms with Crippen molar-refractivity contribution in [3.63, 3.8) is 0 Å². The number of carboxylic acids is 1. The highest BCUT2D eigenvalue weighted by molar-refractivity contribution is 5.97. The first kappa shape index (κ1) is 42.0. The normalized spacial score (nSPS) is 19.4. The minimum absolute atomic E-state index is 0.215. The predicted octanol–water partition coefficient (Wildman–Crippen LogP) is 10.2. The maximum Gasteiger partial charge on any atom is 0.338 e. The Hall–Kier alpha value is -4.03. The Labute approximate surface area is 289 Å². The minimum atomic E-state index is -1.19. The monoisotopic (exact) mass is 658 g/mol. The van der Waals surface area contributed by atoms with Gasteiger partial charge in [-0.25, -0.2) is 14.4 Å². The molecule has 48 heavy (non-hydrogen) atoms. The fourth-order valence-corrected chi connectivity index (χ4v) is 5.89. The summed E-state index contributed by atoms with van der Waals surface area (Å²) in [6.45, 7) is 20.7. The Balaban J connectivity index is 0.00000213. The molecule has 0 amide bonds. The second-order valence-corrected chi connectivity index (χ2v) is 14.1. The molecule has 0 radical (unpaired) electrons. The molecule has 2 aliphatic rings. The number of aliphatic hydroxyl groups is 1. The van der Waals surface area contributed by atoms with Crippen molar-refractivity contribution >= 4 is 17.9 Å². The number of allylic oxidation sites excluding steroid dienone is 18. The van der Waals surface area contributed by atoms with E-state index in [-0.39, 0.29) is 10.8 Å². The molecule has 2 rings (SSSR count). The number of esters is 2. The highest BCUT2D eigenvalue weighted by Gasteiger charge is 2.27. The van der Waals surface area contributed by atoms with Crippen molar-refractivity contribution in [3.05, 3.63) is 117 Å². The first-order valence-electron chi connectivity index (χ1n) is 16.8. The van der Waals surface area contributed by atoms with Crippen LogP contribution in [0.2, 0.25) is 0 Å². The molecular weight excluding hydrogens is 600 g/mol. The van der Waals surface area contributed by atoms with E-state index in [0.717, 1.165) is 11.1 Å². The maximum atomic E-state index is 12.2. The fraction of sp³-hybridized carbons (Fsp3) is 0.452. The minimum Gasteiger partial charge on any atom is -0.480 e. The Morgan fingerprint density at radius 3 is 1.33 bits per heavy atom. The quantitative estimate of drug-likeness (QED) is 0.0992. The lowest BCUT2D eigenvalue weighted by Gasteiger charge is -2.33. The average Bonchev–Trinajstić information content (AvgIpc) is 2.96. The van der Waals surface area contributed by atoms with E-state index in [1.807, 2.05) is 36.5 Å². The molecule has 0 bridgehead atoms. The number of ether oxygens (including phenoxy) is 1. The van der Waals surface area contributed by atoms with E-state index in [1.165, 1.54) is 73.0 Å². The van der Waals surface area contributed by atoms with Gasteiger partial charge in [0.1, 0.15) is 6.61 Å². The second-order valence-electron chi connectivity index (χ2n) is 14.1. The van der Waals surface area contributed by atoms with Crippen molar-refractivity contribution in [2.75, 3.05) is 6.61 Å². The topological polar surface area (TPSA) is 101 Å². The molecule has 0 aromatic rings. The summed E-state index contributed by atoms with van der Waals surface area (Å²) in [5.41, 5.74) is 9.91. The summed E-state index contributed by atoms with van der Waals surface area (Å²) in [5, 5.41) is 15.0. The summed E-state index contributed by atoms with van der Waals surface area (Å²) < 4.78 is 4.96. The number of rotatable bonds is 11. The third-order valence-corrected chi connectivity index (χ3v) is 8.57. The summed E-state index contributed by atoms with van der Waals surface area (Å²) in [6.07, 6.45) is 30.2. The molecular formula is C42H58O6. The lowest BCUT2D eigenvalue weighted by atomic mass is 9.72. The molecule has 0 atom stereocenters. The zero-order chi connectivity index (χ0) is 36.5. The number of carbonyl (C=O) groups excluding carboxylic acids is 2. The highest BCUT2D eigenvalue weighted by Crippen LogP contribution is 2.41. The first-order valence-corrected chi connectivity index (χ1v) is 16.8. The van der Waals surface area contributed by atoms with E-state index in [4.69, 9.17) is 19.7 Å². The summed E-state index contributed by atoms with van der Waals surface area (Å²) >= 11 is 0. The van der Waals surface area contributed by atoms with Crippen LogP contribution in [0.15, 0.2) is 117 Å². The van der Waals surface area contributed by atoms with Crippen molar-refractivity contribution in [2.45, 2.75) is 108 Å². The summed E-state index contributed by atoms with van der Waals surface area (Å²) in [5.74, 6) is -2.55. The van der Waals surface area contributed by atoms with Gasteiger partial charge in [-0.05, 0) is 113 Å². The van der Waals surface area contributed by atoms with Crippen LogP contribution in [0.3, 0.4) is 0 Å². The molecule has 0 spiro atoms. The molecule has 0 aromatic heterocycles. The molecule has 0 aliphatic heterocycles. The van der Waals surface area contributed by atoms with E-state index >= 15 is 0 Å². The molecule has 262 valence electrons. The molecule has 6 nitrogen and oxygen atoms in total. The smallest absolute Gasteiger partial charge is 0.338 e. The van der Waals surface area contributed by atoms with Gasteiger partial charge in [0.05, 0.1) is 0 Å². The van der Waals surface area contributed by atoms with Crippen LogP contribution in [0.4, 0.5) is 0 Å². The third kappa shape index (κ3) is 16.2. The Bertz CT molecular complexity index is 1370. The van der Waals surface area contributed by atoms with E-state index < -0.39 is 24.5 Å². The average molecular weight is 659 g/mol. The molecule has 0 saturated carbocycles. The zero-order valence-corrected chi connectivity index (χ0v) is 30.9. The Kier molecular flexibility index (Phi) is 17.8. The molecule has 2 N–H and O–H groups in total. The van der Waals surface area contributed by atoms with Crippen LogP contribution < -0.4 is 0 Å². The predicted molar refractivity (Wildman–Crippen MR) is 198 cm³/mol. The van der Waals surface area contributed by atoms with Gasteiger partial charge in [0.25, 0.3) is 0 Å². The number of aliphatic carboxylic acids is 1.